The van der Waals surface area contributed by atoms with Crippen LogP contribution >= 0.6 is 0 Å². The fourth-order valence-corrected chi connectivity index (χ4v) is 5.33. The summed E-state index contributed by atoms with van der Waals surface area (Å²) in [6, 6.07) is 13.8. The Kier molecular flexibility index (Phi) is 6.36. The summed E-state index contributed by atoms with van der Waals surface area (Å²) in [4.78, 5) is 10.0. The first-order valence-electron chi connectivity index (χ1n) is 12.9. The van der Waals surface area contributed by atoms with Gasteiger partial charge in [-0.3, -0.25) is 10.1 Å². The number of hydrogen-bond donors (Lipinski definition) is 4. The van der Waals surface area contributed by atoms with Gasteiger partial charge in [0.25, 0.3) is 0 Å². The van der Waals surface area contributed by atoms with Gasteiger partial charge in [0.05, 0.1) is 22.9 Å². The molecule has 0 atom stereocenters. The third kappa shape index (κ3) is 4.82. The molecule has 0 spiro atoms. The Balaban J connectivity index is 1.37. The highest BCUT2D eigenvalue weighted by molar-refractivity contribution is 6.01. The maximum atomic E-state index is 14.6. The molecule has 1 saturated heterocycles. The van der Waals surface area contributed by atoms with Crippen LogP contribution in [-0.2, 0) is 0 Å². The first kappa shape index (κ1) is 23.6. The number of aromatic nitrogens is 4. The van der Waals surface area contributed by atoms with Gasteiger partial charge in [-0.1, -0.05) is 6.07 Å². The number of rotatable bonds is 7. The third-order valence-electron chi connectivity index (χ3n) is 7.30. The maximum Gasteiger partial charge on any atom is 0.125 e. The normalized spacial score (nSPS) is 14.7. The van der Waals surface area contributed by atoms with Gasteiger partial charge in [-0.2, -0.15) is 5.10 Å². The number of halogens is 1. The van der Waals surface area contributed by atoms with Crippen molar-refractivity contribution in [1.82, 2.24) is 30.4 Å². The number of benzene rings is 2. The molecule has 8 heteroatoms. The van der Waals surface area contributed by atoms with Gasteiger partial charge in [0, 0.05) is 41.3 Å². The van der Waals surface area contributed by atoms with Crippen LogP contribution in [0.25, 0.3) is 44.3 Å². The Bertz CT molecular complexity index is 1550. The second kappa shape index (κ2) is 9.95. The molecule has 1 aliphatic rings. The molecular formula is C29H32FN7. The number of aromatic amines is 2. The molecule has 4 heterocycles. The van der Waals surface area contributed by atoms with Gasteiger partial charge in [-0.15, -0.1) is 0 Å². The molecule has 1 fully saturated rings. The highest BCUT2D eigenvalue weighted by atomic mass is 19.1. The van der Waals surface area contributed by atoms with Crippen LogP contribution in [0.3, 0.4) is 0 Å². The van der Waals surface area contributed by atoms with E-state index in [4.69, 9.17) is 0 Å². The van der Waals surface area contributed by atoms with Gasteiger partial charge >= 0.3 is 0 Å². The number of nitrogens with zero attached hydrogens (tertiary/aromatic N) is 3. The van der Waals surface area contributed by atoms with Crippen molar-refractivity contribution in [3.8, 4) is 22.5 Å². The molecule has 0 bridgehead atoms. The van der Waals surface area contributed by atoms with Crippen molar-refractivity contribution >= 4 is 27.5 Å². The minimum absolute atomic E-state index is 0.277. The summed E-state index contributed by atoms with van der Waals surface area (Å²) in [6.45, 7) is 3.72. The number of pyridine rings is 1. The van der Waals surface area contributed by atoms with E-state index in [0.717, 1.165) is 89.0 Å². The molecule has 37 heavy (non-hydrogen) atoms. The van der Waals surface area contributed by atoms with E-state index in [1.165, 1.54) is 11.6 Å². The fraction of sp³-hybridized carbons (Fsp3) is 0.310. The fourth-order valence-electron chi connectivity index (χ4n) is 5.33. The van der Waals surface area contributed by atoms with Gasteiger partial charge in [0.15, 0.2) is 0 Å². The summed E-state index contributed by atoms with van der Waals surface area (Å²) >= 11 is 0. The topological polar surface area (TPSA) is 84.7 Å². The van der Waals surface area contributed by atoms with Gasteiger partial charge in [-0.05, 0) is 93.5 Å². The molecule has 0 aliphatic carbocycles. The number of H-pyrrole nitrogens is 2. The van der Waals surface area contributed by atoms with Crippen LogP contribution in [0.1, 0.15) is 24.3 Å². The summed E-state index contributed by atoms with van der Waals surface area (Å²) in [5.74, 6) is 0.293. The first-order valence-corrected chi connectivity index (χ1v) is 12.9. The monoisotopic (exact) mass is 497 g/mol. The van der Waals surface area contributed by atoms with Crippen LogP contribution in [0.15, 0.2) is 54.9 Å². The summed E-state index contributed by atoms with van der Waals surface area (Å²) in [5.41, 5.74) is 7.50. The first-order chi connectivity index (χ1) is 18.0. The molecule has 5 aromatic rings. The average Bonchev–Trinajstić information content (AvgIpc) is 3.52. The number of piperidine rings is 1. The van der Waals surface area contributed by atoms with E-state index >= 15 is 0 Å². The Labute approximate surface area is 215 Å². The van der Waals surface area contributed by atoms with Crippen LogP contribution in [0.2, 0.25) is 0 Å². The number of likely N-dealkylation sites (N-methyl/N-ethyl adjacent to an activating group) is 1. The Morgan fingerprint density at radius 3 is 2.70 bits per heavy atom. The van der Waals surface area contributed by atoms with Crippen LogP contribution < -0.4 is 10.6 Å². The van der Waals surface area contributed by atoms with E-state index in [2.05, 4.69) is 60.0 Å². The Morgan fingerprint density at radius 1 is 1.00 bits per heavy atom. The molecule has 2 aromatic carbocycles. The number of nitrogens with one attached hydrogen (secondary N) is 4. The molecule has 0 unspecified atom stereocenters. The molecule has 6 rings (SSSR count). The van der Waals surface area contributed by atoms with Crippen LogP contribution in [0, 0.1) is 5.82 Å². The van der Waals surface area contributed by atoms with Crippen molar-refractivity contribution in [1.29, 1.82) is 0 Å². The van der Waals surface area contributed by atoms with Gasteiger partial charge in [0.1, 0.15) is 11.5 Å². The summed E-state index contributed by atoms with van der Waals surface area (Å²) in [5, 5.41) is 16.7. The summed E-state index contributed by atoms with van der Waals surface area (Å²) in [6.07, 6.45) is 5.92. The lowest BCUT2D eigenvalue weighted by Crippen LogP contribution is -2.26. The highest BCUT2D eigenvalue weighted by Crippen LogP contribution is 2.36. The number of anilines is 1. The van der Waals surface area contributed by atoms with Crippen molar-refractivity contribution in [2.24, 2.45) is 0 Å². The van der Waals surface area contributed by atoms with Gasteiger partial charge in [-0.25, -0.2) is 4.39 Å². The third-order valence-corrected chi connectivity index (χ3v) is 7.30. The van der Waals surface area contributed by atoms with Crippen LogP contribution in [0.5, 0.6) is 0 Å². The van der Waals surface area contributed by atoms with Crippen molar-refractivity contribution < 1.29 is 4.39 Å². The predicted molar refractivity (Wildman–Crippen MR) is 148 cm³/mol. The lowest BCUT2D eigenvalue weighted by molar-refractivity contribution is 0.425. The van der Waals surface area contributed by atoms with Gasteiger partial charge in [0.2, 0.25) is 0 Å². The largest absolute Gasteiger partial charge is 0.384 e. The smallest absolute Gasteiger partial charge is 0.125 e. The average molecular weight is 498 g/mol. The van der Waals surface area contributed by atoms with Gasteiger partial charge < -0.3 is 20.5 Å². The molecule has 3 aromatic heterocycles. The molecule has 4 N–H and O–H groups in total. The highest BCUT2D eigenvalue weighted by Gasteiger charge is 2.19. The van der Waals surface area contributed by atoms with E-state index in [9.17, 15) is 4.39 Å². The molecular weight excluding hydrogens is 465 g/mol. The Hall–Kier alpha value is -3.75. The van der Waals surface area contributed by atoms with Crippen molar-refractivity contribution in [3.05, 3.63) is 66.2 Å². The van der Waals surface area contributed by atoms with Crippen molar-refractivity contribution in [2.45, 2.75) is 18.8 Å². The second-order valence-corrected chi connectivity index (χ2v) is 10.2. The maximum absolute atomic E-state index is 14.6. The summed E-state index contributed by atoms with van der Waals surface area (Å²) < 4.78 is 14.6. The molecule has 0 amide bonds. The zero-order valence-corrected chi connectivity index (χ0v) is 21.2. The van der Waals surface area contributed by atoms with E-state index in [-0.39, 0.29) is 5.82 Å². The molecule has 1 aliphatic heterocycles. The zero-order valence-electron chi connectivity index (χ0n) is 21.2. The van der Waals surface area contributed by atoms with Crippen molar-refractivity contribution in [2.75, 3.05) is 45.6 Å². The predicted octanol–water partition coefficient (Wildman–Crippen LogP) is 5.35. The van der Waals surface area contributed by atoms with E-state index in [1.54, 1.807) is 12.3 Å². The molecule has 190 valence electrons. The minimum Gasteiger partial charge on any atom is -0.384 e. The zero-order chi connectivity index (χ0) is 25.4. The van der Waals surface area contributed by atoms with Crippen LogP contribution in [0.4, 0.5) is 10.1 Å². The molecule has 0 radical (unpaired) electrons. The standard InChI is InChI=1S/C29H32FN7/c1-37(2)10-9-33-22-12-20(11-21(30)14-22)25-16-32-17-28-23(25)15-27(34-28)29-24-13-19(3-4-26(24)35-36-29)18-5-7-31-8-6-18/h3-4,11-18,31,33-34H,5-10H2,1-2H3,(H,35,36). The van der Waals surface area contributed by atoms with Crippen molar-refractivity contribution in [3.63, 3.8) is 0 Å². The lowest BCUT2D eigenvalue weighted by Gasteiger charge is -2.23. The second-order valence-electron chi connectivity index (χ2n) is 10.2. The SMILES string of the molecule is CN(C)CCNc1cc(F)cc(-c2cncc3[nH]c(-c4n[nH]c5ccc(C6CCNCC6)cc45)cc23)c1. The van der Waals surface area contributed by atoms with Crippen LogP contribution in [-0.4, -0.2) is 65.3 Å². The molecule has 7 nitrogen and oxygen atoms in total. The van der Waals surface area contributed by atoms with E-state index in [0.29, 0.717) is 5.92 Å². The quantitative estimate of drug-likeness (QED) is 0.244. The number of fused-ring (bicyclic) bond motifs is 2. The minimum atomic E-state index is -0.277. The summed E-state index contributed by atoms with van der Waals surface area (Å²) in [7, 11) is 4.04. The number of hydrogen-bond acceptors (Lipinski definition) is 5. The van der Waals surface area contributed by atoms with E-state index < -0.39 is 0 Å². The van der Waals surface area contributed by atoms with E-state index in [1.807, 2.05) is 26.4 Å². The lowest BCUT2D eigenvalue weighted by atomic mass is 9.89. The molecule has 0 saturated carbocycles. The Morgan fingerprint density at radius 2 is 1.86 bits per heavy atom.